The van der Waals surface area contributed by atoms with E-state index in [1.165, 1.54) is 7.11 Å². The summed E-state index contributed by atoms with van der Waals surface area (Å²) in [4.78, 5) is 30.2. The van der Waals surface area contributed by atoms with Crippen LogP contribution >= 0.6 is 0 Å². The van der Waals surface area contributed by atoms with Crippen LogP contribution in [0.5, 0.6) is 11.5 Å². The van der Waals surface area contributed by atoms with Crippen LogP contribution in [0.2, 0.25) is 0 Å². The lowest BCUT2D eigenvalue weighted by molar-refractivity contribution is -0.140. The van der Waals surface area contributed by atoms with Crippen molar-refractivity contribution in [3.8, 4) is 11.5 Å². The highest BCUT2D eigenvalue weighted by atomic mass is 16.5. The number of likely N-dealkylation sites (tertiary alicyclic amines) is 1. The number of aliphatic hydroxyl groups excluding tert-OH is 1. The van der Waals surface area contributed by atoms with E-state index in [9.17, 15) is 14.7 Å². The first-order valence-corrected chi connectivity index (χ1v) is 12.3. The summed E-state index contributed by atoms with van der Waals surface area (Å²) in [6, 6.07) is 13.6. The van der Waals surface area contributed by atoms with Crippen LogP contribution < -0.4 is 9.47 Å². The molecule has 0 aromatic heterocycles. The third kappa shape index (κ3) is 6.03. The predicted octanol–water partition coefficient (Wildman–Crippen LogP) is 4.64. The minimum atomic E-state index is -0.682. The number of aliphatic hydroxyl groups is 1. The Kier molecular flexibility index (Phi) is 9.32. The molecule has 0 bridgehead atoms. The van der Waals surface area contributed by atoms with Gasteiger partial charge in [0.25, 0.3) is 11.7 Å². The highest BCUT2D eigenvalue weighted by Crippen LogP contribution is 2.40. The largest absolute Gasteiger partial charge is 0.507 e. The number of methoxy groups -OCH3 is 1. The molecule has 2 aromatic rings. The third-order valence-electron chi connectivity index (χ3n) is 6.32. The molecule has 0 aliphatic carbocycles. The van der Waals surface area contributed by atoms with Crippen molar-refractivity contribution in [3.05, 3.63) is 65.2 Å². The third-order valence-corrected chi connectivity index (χ3v) is 6.32. The fraction of sp³-hybridized carbons (Fsp3) is 0.429. The van der Waals surface area contributed by atoms with Crippen molar-refractivity contribution in [1.82, 2.24) is 9.80 Å². The topological polar surface area (TPSA) is 79.3 Å². The molecule has 3 rings (SSSR count). The number of carbonyl (C=O) groups is 2. The lowest BCUT2D eigenvalue weighted by Crippen LogP contribution is -2.33. The fourth-order valence-electron chi connectivity index (χ4n) is 4.35. The maximum absolute atomic E-state index is 13.2. The zero-order valence-electron chi connectivity index (χ0n) is 21.1. The summed E-state index contributed by atoms with van der Waals surface area (Å²) in [5.74, 6) is -0.196. The van der Waals surface area contributed by atoms with Crippen LogP contribution in [0.3, 0.4) is 0 Å². The Balaban J connectivity index is 2.01. The van der Waals surface area contributed by atoms with Crippen LogP contribution in [0.15, 0.2) is 54.1 Å². The molecule has 0 saturated carbocycles. The van der Waals surface area contributed by atoms with E-state index in [-0.39, 0.29) is 11.3 Å². The van der Waals surface area contributed by atoms with E-state index in [4.69, 9.17) is 9.47 Å². The Labute approximate surface area is 207 Å². The van der Waals surface area contributed by atoms with Gasteiger partial charge in [-0.2, -0.15) is 0 Å². The molecule has 1 fully saturated rings. The average molecular weight is 481 g/mol. The monoisotopic (exact) mass is 480 g/mol. The van der Waals surface area contributed by atoms with Gasteiger partial charge >= 0.3 is 0 Å². The molecule has 1 unspecified atom stereocenters. The summed E-state index contributed by atoms with van der Waals surface area (Å²) in [6.45, 7) is 9.94. The highest BCUT2D eigenvalue weighted by molar-refractivity contribution is 6.46. The molecule has 1 heterocycles. The smallest absolute Gasteiger partial charge is 0.295 e. The van der Waals surface area contributed by atoms with Gasteiger partial charge in [-0.1, -0.05) is 45.0 Å². The van der Waals surface area contributed by atoms with Gasteiger partial charge in [-0.15, -0.1) is 0 Å². The van der Waals surface area contributed by atoms with E-state index in [1.807, 2.05) is 31.2 Å². The number of ketones is 1. The van der Waals surface area contributed by atoms with E-state index >= 15 is 0 Å². The molecule has 1 saturated heterocycles. The number of hydrogen-bond donors (Lipinski definition) is 1. The Morgan fingerprint density at radius 3 is 2.37 bits per heavy atom. The molecule has 0 radical (unpaired) electrons. The molecule has 188 valence electrons. The van der Waals surface area contributed by atoms with E-state index < -0.39 is 17.7 Å². The number of nitrogens with zero attached hydrogens (tertiary/aromatic N) is 2. The van der Waals surface area contributed by atoms with Crippen molar-refractivity contribution in [2.75, 3.05) is 39.9 Å². The fourth-order valence-corrected chi connectivity index (χ4v) is 4.35. The normalized spacial score (nSPS) is 17.3. The number of amides is 1. The summed E-state index contributed by atoms with van der Waals surface area (Å²) in [7, 11) is 1.54. The summed E-state index contributed by atoms with van der Waals surface area (Å²) >= 11 is 0. The molecular weight excluding hydrogens is 444 g/mol. The maximum atomic E-state index is 13.2. The van der Waals surface area contributed by atoms with Crippen LogP contribution in [-0.2, 0) is 9.59 Å². The predicted molar refractivity (Wildman–Crippen MR) is 137 cm³/mol. The van der Waals surface area contributed by atoms with Gasteiger partial charge in [0, 0.05) is 12.1 Å². The van der Waals surface area contributed by atoms with Crippen molar-refractivity contribution in [2.24, 2.45) is 0 Å². The Hall–Kier alpha value is -3.32. The first kappa shape index (κ1) is 26.3. The number of carbonyl (C=O) groups excluding carboxylic acids is 2. The Morgan fingerprint density at radius 2 is 1.74 bits per heavy atom. The first-order chi connectivity index (χ1) is 16.9. The maximum Gasteiger partial charge on any atom is 0.295 e. The van der Waals surface area contributed by atoms with Crippen molar-refractivity contribution >= 4 is 17.4 Å². The van der Waals surface area contributed by atoms with Crippen LogP contribution in [-0.4, -0.2) is 66.5 Å². The van der Waals surface area contributed by atoms with Crippen LogP contribution in [0.25, 0.3) is 5.76 Å². The lowest BCUT2D eigenvalue weighted by Gasteiger charge is -2.27. The van der Waals surface area contributed by atoms with Gasteiger partial charge in [0.1, 0.15) is 17.3 Å². The van der Waals surface area contributed by atoms with Gasteiger partial charge in [0.05, 0.1) is 25.3 Å². The SMILES string of the molecule is CCCOc1ccc(C2/C(=C(\O)c3cccc(OC)c3)C(=O)C(=O)N2CCCN(CC)CC)cc1. The van der Waals surface area contributed by atoms with Gasteiger partial charge < -0.3 is 24.4 Å². The molecule has 1 amide bonds. The molecule has 7 heteroatoms. The quantitative estimate of drug-likeness (QED) is 0.271. The number of rotatable bonds is 12. The molecular formula is C28H36N2O5. The van der Waals surface area contributed by atoms with E-state index in [0.717, 1.165) is 43.8 Å². The van der Waals surface area contributed by atoms with Crippen molar-refractivity contribution in [1.29, 1.82) is 0 Å². The average Bonchev–Trinajstić information content (AvgIpc) is 3.14. The molecule has 1 aliphatic heterocycles. The van der Waals surface area contributed by atoms with Crippen molar-refractivity contribution in [2.45, 2.75) is 39.7 Å². The van der Waals surface area contributed by atoms with Crippen LogP contribution in [0, 0.1) is 0 Å². The molecule has 7 nitrogen and oxygen atoms in total. The molecule has 35 heavy (non-hydrogen) atoms. The van der Waals surface area contributed by atoms with Crippen LogP contribution in [0.4, 0.5) is 0 Å². The van der Waals surface area contributed by atoms with Gasteiger partial charge in [-0.05, 0) is 62.3 Å². The summed E-state index contributed by atoms with van der Waals surface area (Å²) in [5, 5.41) is 11.2. The summed E-state index contributed by atoms with van der Waals surface area (Å²) < 4.78 is 11.0. The zero-order valence-corrected chi connectivity index (χ0v) is 21.1. The van der Waals surface area contributed by atoms with Crippen molar-refractivity contribution < 1.29 is 24.2 Å². The van der Waals surface area contributed by atoms with Crippen LogP contribution in [0.1, 0.15) is 50.8 Å². The lowest BCUT2D eigenvalue weighted by atomic mass is 9.95. The minimum absolute atomic E-state index is 0.0910. The van der Waals surface area contributed by atoms with Gasteiger partial charge in [0.2, 0.25) is 0 Å². The summed E-state index contributed by atoms with van der Waals surface area (Å²) in [6.07, 6.45) is 1.62. The van der Waals surface area contributed by atoms with Gasteiger partial charge in [-0.3, -0.25) is 9.59 Å². The standard InChI is InChI=1S/C28H36N2O5/c1-5-18-35-22-14-12-20(13-15-22)25-24(26(31)21-10-8-11-23(19-21)34-4)27(32)28(33)30(25)17-9-16-29(6-2)7-3/h8,10-15,19,25,31H,5-7,9,16-18H2,1-4H3/b26-24+. The number of hydrogen-bond acceptors (Lipinski definition) is 6. The van der Waals surface area contributed by atoms with Gasteiger partial charge in [0.15, 0.2) is 0 Å². The van der Waals surface area contributed by atoms with E-state index in [1.54, 1.807) is 29.2 Å². The highest BCUT2D eigenvalue weighted by Gasteiger charge is 2.45. The Morgan fingerprint density at radius 1 is 1.03 bits per heavy atom. The second-order valence-electron chi connectivity index (χ2n) is 8.52. The summed E-state index contributed by atoms with van der Waals surface area (Å²) in [5.41, 5.74) is 1.27. The molecule has 1 N–H and O–H groups in total. The first-order valence-electron chi connectivity index (χ1n) is 12.3. The van der Waals surface area contributed by atoms with Crippen molar-refractivity contribution in [3.63, 3.8) is 0 Å². The van der Waals surface area contributed by atoms with Gasteiger partial charge in [-0.25, -0.2) is 0 Å². The second kappa shape index (κ2) is 12.4. The second-order valence-corrected chi connectivity index (χ2v) is 8.52. The van der Waals surface area contributed by atoms with E-state index in [0.29, 0.717) is 24.5 Å². The van der Waals surface area contributed by atoms with E-state index in [2.05, 4.69) is 18.7 Å². The Bertz CT molecular complexity index is 1040. The zero-order chi connectivity index (χ0) is 25.4. The molecule has 1 atom stereocenters. The molecule has 2 aromatic carbocycles. The molecule has 1 aliphatic rings. The number of Topliss-reactive ketones (excluding diaryl/α,β-unsaturated/α-hetero) is 1. The number of ether oxygens (including phenoxy) is 2. The number of benzene rings is 2. The minimum Gasteiger partial charge on any atom is -0.507 e. The molecule has 0 spiro atoms.